The summed E-state index contributed by atoms with van der Waals surface area (Å²) in [6, 6.07) is 14.0. The second-order valence-electron chi connectivity index (χ2n) is 6.86. The number of esters is 1. The van der Waals surface area contributed by atoms with E-state index in [9.17, 15) is 24.5 Å². The van der Waals surface area contributed by atoms with Crippen LogP contribution in [0.2, 0.25) is 10.0 Å². The van der Waals surface area contributed by atoms with Crippen molar-refractivity contribution in [3.8, 4) is 11.5 Å². The molecule has 0 spiro atoms. The second kappa shape index (κ2) is 11.8. The van der Waals surface area contributed by atoms with Gasteiger partial charge in [-0.2, -0.15) is 5.10 Å². The Bertz CT molecular complexity index is 1380. The molecule has 0 saturated carbocycles. The molecule has 11 nitrogen and oxygen atoms in total. The molecule has 3 rings (SSSR count). The molecule has 184 valence electrons. The molecule has 0 saturated heterocycles. The van der Waals surface area contributed by atoms with E-state index in [4.69, 9.17) is 32.7 Å². The van der Waals surface area contributed by atoms with Gasteiger partial charge in [0.2, 0.25) is 0 Å². The van der Waals surface area contributed by atoms with Gasteiger partial charge in [0.05, 0.1) is 28.3 Å². The van der Waals surface area contributed by atoms with Crippen LogP contribution in [0, 0.1) is 10.1 Å². The molecule has 0 aliphatic heterocycles. The number of nitrogens with zero attached hydrogens (tertiary/aromatic N) is 2. The fourth-order valence-electron chi connectivity index (χ4n) is 2.79. The van der Waals surface area contributed by atoms with Gasteiger partial charge in [0, 0.05) is 11.8 Å². The quantitative estimate of drug-likeness (QED) is 0.116. The zero-order valence-corrected chi connectivity index (χ0v) is 19.9. The van der Waals surface area contributed by atoms with Crippen LogP contribution >= 0.6 is 23.2 Å². The minimum atomic E-state index is -1.04. The lowest BCUT2D eigenvalue weighted by Crippen LogP contribution is -2.32. The summed E-state index contributed by atoms with van der Waals surface area (Å²) in [6.45, 7) is 0. The van der Waals surface area contributed by atoms with Gasteiger partial charge in [-0.3, -0.25) is 19.7 Å². The molecule has 0 atom stereocenters. The van der Waals surface area contributed by atoms with Crippen LogP contribution in [0.25, 0.3) is 0 Å². The number of nitro groups is 1. The lowest BCUT2D eigenvalue weighted by atomic mass is 10.2. The lowest BCUT2D eigenvalue weighted by molar-refractivity contribution is -0.385. The van der Waals surface area contributed by atoms with Gasteiger partial charge in [-0.25, -0.2) is 10.2 Å². The van der Waals surface area contributed by atoms with Crippen LogP contribution in [-0.2, 0) is 9.59 Å². The number of rotatable bonds is 7. The normalized spacial score (nSPS) is 10.5. The fraction of sp³-hybridized carbons (Fsp3) is 0.0435. The molecule has 3 aromatic rings. The highest BCUT2D eigenvalue weighted by Crippen LogP contribution is 2.29. The summed E-state index contributed by atoms with van der Waals surface area (Å²) in [5.74, 6) is -2.85. The van der Waals surface area contributed by atoms with Crippen LogP contribution in [0.1, 0.15) is 15.9 Å². The number of para-hydroxylation sites is 1. The van der Waals surface area contributed by atoms with E-state index < -0.39 is 28.4 Å². The van der Waals surface area contributed by atoms with Crippen molar-refractivity contribution >= 4 is 58.6 Å². The van der Waals surface area contributed by atoms with Crippen molar-refractivity contribution in [2.24, 2.45) is 5.10 Å². The number of carbonyl (C=O) groups is 3. The Balaban J connectivity index is 1.64. The number of carbonyl (C=O) groups excluding carboxylic acids is 3. The van der Waals surface area contributed by atoms with Crippen LogP contribution in [0.3, 0.4) is 0 Å². The minimum Gasteiger partial charge on any atom is -0.493 e. The van der Waals surface area contributed by atoms with E-state index in [2.05, 4.69) is 15.8 Å². The van der Waals surface area contributed by atoms with E-state index in [1.807, 2.05) is 0 Å². The molecular formula is C23H16Cl2N4O7. The van der Waals surface area contributed by atoms with Gasteiger partial charge in [0.15, 0.2) is 11.5 Å². The van der Waals surface area contributed by atoms with Crippen LogP contribution in [-0.4, -0.2) is 36.0 Å². The maximum atomic E-state index is 12.5. The molecule has 0 aliphatic carbocycles. The number of amides is 2. The number of nitrogens with one attached hydrogen (secondary N) is 2. The molecule has 0 aromatic heterocycles. The maximum absolute atomic E-state index is 12.5. The number of methoxy groups -OCH3 is 1. The largest absolute Gasteiger partial charge is 0.493 e. The van der Waals surface area contributed by atoms with Crippen molar-refractivity contribution in [3.63, 3.8) is 0 Å². The molecule has 0 heterocycles. The zero-order chi connectivity index (χ0) is 26.2. The zero-order valence-electron chi connectivity index (χ0n) is 18.4. The van der Waals surface area contributed by atoms with Crippen LogP contribution < -0.4 is 20.2 Å². The van der Waals surface area contributed by atoms with Gasteiger partial charge in [0.1, 0.15) is 5.56 Å². The van der Waals surface area contributed by atoms with Gasteiger partial charge >= 0.3 is 17.8 Å². The summed E-state index contributed by atoms with van der Waals surface area (Å²) >= 11 is 11.7. The van der Waals surface area contributed by atoms with Gasteiger partial charge < -0.3 is 14.8 Å². The summed E-state index contributed by atoms with van der Waals surface area (Å²) in [5, 5.41) is 17.7. The molecule has 0 aliphatic rings. The van der Waals surface area contributed by atoms with Crippen molar-refractivity contribution < 1.29 is 28.8 Å². The highest BCUT2D eigenvalue weighted by molar-refractivity contribution is 6.43. The molecule has 0 unspecified atom stereocenters. The topological polar surface area (TPSA) is 149 Å². The van der Waals surface area contributed by atoms with Gasteiger partial charge in [-0.05, 0) is 48.0 Å². The highest BCUT2D eigenvalue weighted by Gasteiger charge is 2.22. The maximum Gasteiger partial charge on any atom is 0.350 e. The molecule has 13 heteroatoms. The van der Waals surface area contributed by atoms with E-state index in [-0.39, 0.29) is 27.8 Å². The molecule has 0 radical (unpaired) electrons. The fourth-order valence-corrected chi connectivity index (χ4v) is 3.09. The lowest BCUT2D eigenvalue weighted by Gasteiger charge is -2.10. The van der Waals surface area contributed by atoms with Crippen molar-refractivity contribution in [2.75, 3.05) is 12.4 Å². The predicted molar refractivity (Wildman–Crippen MR) is 132 cm³/mol. The number of hydrazone groups is 1. The third-order valence-corrected chi connectivity index (χ3v) is 5.21. The number of benzene rings is 3. The Kier molecular flexibility index (Phi) is 8.55. The molecular weight excluding hydrogens is 515 g/mol. The second-order valence-corrected chi connectivity index (χ2v) is 7.67. The molecule has 0 fully saturated rings. The van der Waals surface area contributed by atoms with E-state index >= 15 is 0 Å². The molecule has 2 amide bonds. The average molecular weight is 531 g/mol. The van der Waals surface area contributed by atoms with Gasteiger partial charge in [-0.1, -0.05) is 35.3 Å². The van der Waals surface area contributed by atoms with Crippen molar-refractivity contribution in [3.05, 3.63) is 92.0 Å². The first-order valence-corrected chi connectivity index (χ1v) is 10.7. The SMILES string of the molecule is COc1cc(C=NNC(=O)C(=O)Nc2ccc(Cl)c(Cl)c2)ccc1OC(=O)c1ccccc1[N+](=O)[O-]. The minimum absolute atomic E-state index is 0.00263. The Labute approximate surface area is 213 Å². The standard InChI is InChI=1S/C23H16Cl2N4O7/c1-35-20-10-13(6-9-19(20)36-23(32)15-4-2-3-5-18(15)29(33)34)12-26-28-22(31)21(30)27-14-7-8-16(24)17(25)11-14/h2-12H,1H3,(H,27,30)(H,28,31). The number of ether oxygens (including phenoxy) is 2. The third-order valence-electron chi connectivity index (χ3n) is 4.47. The molecule has 36 heavy (non-hydrogen) atoms. The van der Waals surface area contributed by atoms with Crippen molar-refractivity contribution in [2.45, 2.75) is 0 Å². The Morgan fingerprint density at radius 1 is 0.972 bits per heavy atom. The van der Waals surface area contributed by atoms with E-state index in [0.717, 1.165) is 0 Å². The van der Waals surface area contributed by atoms with Crippen molar-refractivity contribution in [1.29, 1.82) is 0 Å². The van der Waals surface area contributed by atoms with Crippen LogP contribution in [0.15, 0.2) is 65.8 Å². The summed E-state index contributed by atoms with van der Waals surface area (Å²) in [7, 11) is 1.33. The van der Waals surface area contributed by atoms with Gasteiger partial charge in [0.25, 0.3) is 5.69 Å². The Morgan fingerprint density at radius 3 is 2.42 bits per heavy atom. The predicted octanol–water partition coefficient (Wildman–Crippen LogP) is 4.22. The monoisotopic (exact) mass is 530 g/mol. The van der Waals surface area contributed by atoms with Crippen molar-refractivity contribution in [1.82, 2.24) is 5.43 Å². The Hall–Kier alpha value is -4.48. The molecule has 0 bridgehead atoms. The molecule has 2 N–H and O–H groups in total. The number of hydrogen-bond donors (Lipinski definition) is 2. The van der Waals surface area contributed by atoms with Crippen LogP contribution in [0.5, 0.6) is 11.5 Å². The summed E-state index contributed by atoms with van der Waals surface area (Å²) < 4.78 is 10.5. The first kappa shape index (κ1) is 26.1. The number of anilines is 1. The molecule has 3 aromatic carbocycles. The summed E-state index contributed by atoms with van der Waals surface area (Å²) in [5.41, 5.74) is 2.13. The summed E-state index contributed by atoms with van der Waals surface area (Å²) in [4.78, 5) is 46.9. The average Bonchev–Trinajstić information content (AvgIpc) is 2.86. The Morgan fingerprint density at radius 2 is 1.72 bits per heavy atom. The van der Waals surface area contributed by atoms with Crippen LogP contribution in [0.4, 0.5) is 11.4 Å². The number of hydrogen-bond acceptors (Lipinski definition) is 8. The number of nitro benzene ring substituents is 1. The van der Waals surface area contributed by atoms with E-state index in [1.165, 1.54) is 74.0 Å². The number of halogens is 2. The van der Waals surface area contributed by atoms with E-state index in [0.29, 0.717) is 10.6 Å². The highest BCUT2D eigenvalue weighted by atomic mass is 35.5. The third kappa shape index (κ3) is 6.56. The first-order valence-electron chi connectivity index (χ1n) is 9.92. The summed E-state index contributed by atoms with van der Waals surface area (Å²) in [6.07, 6.45) is 1.22. The van der Waals surface area contributed by atoms with E-state index in [1.54, 1.807) is 0 Å². The van der Waals surface area contributed by atoms with Gasteiger partial charge in [-0.15, -0.1) is 0 Å². The smallest absolute Gasteiger partial charge is 0.350 e. The first-order chi connectivity index (χ1) is 17.2.